The van der Waals surface area contributed by atoms with Gasteiger partial charge in [-0.1, -0.05) is 0 Å². The van der Waals surface area contributed by atoms with Crippen molar-refractivity contribution in [3.8, 4) is 0 Å². The number of nitrogens with one attached hydrogen (secondary N) is 3. The van der Waals surface area contributed by atoms with Crippen molar-refractivity contribution in [3.63, 3.8) is 0 Å². The van der Waals surface area contributed by atoms with Crippen LogP contribution in [0.25, 0.3) is 0 Å². The lowest BCUT2D eigenvalue weighted by molar-refractivity contribution is -0.155. The van der Waals surface area contributed by atoms with Crippen LogP contribution in [0.15, 0.2) is 24.4 Å². The highest BCUT2D eigenvalue weighted by Crippen LogP contribution is 2.25. The fourth-order valence-electron chi connectivity index (χ4n) is 2.77. The maximum atomic E-state index is 13.6. The first-order chi connectivity index (χ1) is 11.8. The van der Waals surface area contributed by atoms with Crippen LogP contribution < -0.4 is 16.2 Å². The van der Waals surface area contributed by atoms with E-state index in [9.17, 15) is 27.9 Å². The summed E-state index contributed by atoms with van der Waals surface area (Å²) in [6.45, 7) is -0.451. The van der Waals surface area contributed by atoms with E-state index in [-0.39, 0.29) is 13.0 Å². The van der Waals surface area contributed by atoms with E-state index in [1.807, 2.05) is 0 Å². The van der Waals surface area contributed by atoms with Gasteiger partial charge in [0.05, 0.1) is 0 Å². The standard InChI is InChI=1S/C15H15F3N4O3/c16-9-5-8(12(18)10(17)6-9)7-19-13(23)15(25)2-4-22(14(15)24)11-1-3-20-21-11/h1,3,5-6,11,20-21,25H,2,4,7H2,(H,19,23). The van der Waals surface area contributed by atoms with E-state index in [1.54, 1.807) is 12.3 Å². The van der Waals surface area contributed by atoms with E-state index < -0.39 is 53.1 Å². The summed E-state index contributed by atoms with van der Waals surface area (Å²) >= 11 is 0. The molecule has 1 saturated heterocycles. The lowest BCUT2D eigenvalue weighted by Crippen LogP contribution is -2.55. The molecular formula is C15H15F3N4O3. The van der Waals surface area contributed by atoms with Crippen LogP contribution in [0.5, 0.6) is 0 Å². The van der Waals surface area contributed by atoms with Crippen molar-refractivity contribution in [3.05, 3.63) is 47.4 Å². The van der Waals surface area contributed by atoms with Gasteiger partial charge in [0.15, 0.2) is 11.6 Å². The average Bonchev–Trinajstić information content (AvgIpc) is 3.19. The molecule has 2 aliphatic rings. The lowest BCUT2D eigenvalue weighted by Gasteiger charge is -2.25. The quantitative estimate of drug-likeness (QED) is 0.436. The second-order valence-electron chi connectivity index (χ2n) is 5.74. The summed E-state index contributed by atoms with van der Waals surface area (Å²) in [5, 5.41) is 12.6. The maximum absolute atomic E-state index is 13.6. The van der Waals surface area contributed by atoms with Crippen molar-refractivity contribution in [1.29, 1.82) is 0 Å². The Morgan fingerprint density at radius 2 is 2.16 bits per heavy atom. The third kappa shape index (κ3) is 3.05. The van der Waals surface area contributed by atoms with Crippen molar-refractivity contribution >= 4 is 11.8 Å². The number of benzene rings is 1. The summed E-state index contributed by atoms with van der Waals surface area (Å²) in [6.07, 6.45) is 2.52. The minimum absolute atomic E-state index is 0.120. The SMILES string of the molecule is O=C(NCc1cc(F)cc(F)c1F)C1(O)CCN(C2C=CNN2)C1=O. The fraction of sp³-hybridized carbons (Fsp3) is 0.333. The molecule has 0 spiro atoms. The van der Waals surface area contributed by atoms with Gasteiger partial charge in [0, 0.05) is 37.3 Å². The number of nitrogens with zero attached hydrogens (tertiary/aromatic N) is 1. The van der Waals surface area contributed by atoms with Gasteiger partial charge in [-0.25, -0.2) is 18.6 Å². The van der Waals surface area contributed by atoms with Gasteiger partial charge in [0.25, 0.3) is 11.8 Å². The van der Waals surface area contributed by atoms with E-state index in [2.05, 4.69) is 16.2 Å². The number of likely N-dealkylation sites (tertiary alicyclic amines) is 1. The zero-order valence-electron chi connectivity index (χ0n) is 12.9. The van der Waals surface area contributed by atoms with Crippen LogP contribution in [0.2, 0.25) is 0 Å². The number of carbonyl (C=O) groups is 2. The van der Waals surface area contributed by atoms with E-state index in [1.165, 1.54) is 4.90 Å². The van der Waals surface area contributed by atoms with Gasteiger partial charge < -0.3 is 20.7 Å². The zero-order valence-corrected chi connectivity index (χ0v) is 12.9. The first kappa shape index (κ1) is 17.2. The predicted octanol–water partition coefficient (Wildman–Crippen LogP) is -0.369. The average molecular weight is 356 g/mol. The number of amides is 2. The summed E-state index contributed by atoms with van der Waals surface area (Å²) in [5.74, 6) is -5.57. The third-order valence-corrected chi connectivity index (χ3v) is 4.14. The van der Waals surface area contributed by atoms with Crippen LogP contribution in [0.3, 0.4) is 0 Å². The molecule has 1 fully saturated rings. The molecule has 134 valence electrons. The predicted molar refractivity (Wildman–Crippen MR) is 78.6 cm³/mol. The number of aliphatic hydroxyl groups is 1. The second-order valence-corrected chi connectivity index (χ2v) is 5.74. The number of carbonyl (C=O) groups excluding carboxylic acids is 2. The van der Waals surface area contributed by atoms with E-state index in [0.717, 1.165) is 6.07 Å². The highest BCUT2D eigenvalue weighted by atomic mass is 19.2. The number of hydrogen-bond donors (Lipinski definition) is 4. The van der Waals surface area contributed by atoms with Crippen molar-refractivity contribution in [1.82, 2.24) is 21.1 Å². The molecule has 2 unspecified atom stereocenters. The van der Waals surface area contributed by atoms with Crippen LogP contribution >= 0.6 is 0 Å². The highest BCUT2D eigenvalue weighted by Gasteiger charge is 2.52. The Balaban J connectivity index is 1.69. The monoisotopic (exact) mass is 356 g/mol. The van der Waals surface area contributed by atoms with E-state index in [0.29, 0.717) is 6.07 Å². The topological polar surface area (TPSA) is 93.7 Å². The first-order valence-electron chi connectivity index (χ1n) is 7.46. The van der Waals surface area contributed by atoms with Crippen molar-refractivity contribution in [2.45, 2.75) is 24.7 Å². The fourth-order valence-corrected chi connectivity index (χ4v) is 2.77. The Hall–Kier alpha value is -2.59. The molecule has 0 saturated carbocycles. The molecule has 2 heterocycles. The molecule has 10 heteroatoms. The van der Waals surface area contributed by atoms with Crippen molar-refractivity contribution in [2.75, 3.05) is 6.54 Å². The van der Waals surface area contributed by atoms with Crippen LogP contribution in [0, 0.1) is 17.5 Å². The van der Waals surface area contributed by atoms with Gasteiger partial charge in [0.2, 0.25) is 5.60 Å². The van der Waals surface area contributed by atoms with Gasteiger partial charge in [0.1, 0.15) is 12.0 Å². The Bertz CT molecular complexity index is 758. The van der Waals surface area contributed by atoms with Gasteiger partial charge in [-0.15, -0.1) is 0 Å². The molecule has 0 aliphatic carbocycles. The zero-order chi connectivity index (χ0) is 18.2. The largest absolute Gasteiger partial charge is 0.372 e. The number of rotatable bonds is 4. The Kier molecular flexibility index (Phi) is 4.39. The molecule has 25 heavy (non-hydrogen) atoms. The smallest absolute Gasteiger partial charge is 0.266 e. The van der Waals surface area contributed by atoms with Gasteiger partial charge in [-0.2, -0.15) is 0 Å². The highest BCUT2D eigenvalue weighted by molar-refractivity contribution is 6.09. The van der Waals surface area contributed by atoms with Crippen LogP contribution in [-0.2, 0) is 16.1 Å². The minimum Gasteiger partial charge on any atom is -0.372 e. The van der Waals surface area contributed by atoms with Crippen LogP contribution in [0.1, 0.15) is 12.0 Å². The second kappa shape index (κ2) is 6.37. The number of hydrogen-bond acceptors (Lipinski definition) is 5. The van der Waals surface area contributed by atoms with Crippen LogP contribution in [0.4, 0.5) is 13.2 Å². The molecule has 1 aromatic rings. The molecule has 3 rings (SSSR count). The minimum atomic E-state index is -2.32. The molecular weight excluding hydrogens is 341 g/mol. The Labute approximate surface area is 140 Å². The molecule has 0 aromatic heterocycles. The molecule has 0 bridgehead atoms. The third-order valence-electron chi connectivity index (χ3n) is 4.14. The van der Waals surface area contributed by atoms with Crippen molar-refractivity contribution in [2.24, 2.45) is 0 Å². The Morgan fingerprint density at radius 3 is 2.84 bits per heavy atom. The molecule has 2 aliphatic heterocycles. The first-order valence-corrected chi connectivity index (χ1v) is 7.46. The van der Waals surface area contributed by atoms with Gasteiger partial charge >= 0.3 is 0 Å². The summed E-state index contributed by atoms with van der Waals surface area (Å²) in [4.78, 5) is 25.8. The normalized spacial score (nSPS) is 25.4. The molecule has 7 nitrogen and oxygen atoms in total. The van der Waals surface area contributed by atoms with Crippen molar-refractivity contribution < 1.29 is 27.9 Å². The number of halogens is 3. The van der Waals surface area contributed by atoms with Gasteiger partial charge in [-0.05, 0) is 12.1 Å². The summed E-state index contributed by atoms with van der Waals surface area (Å²) in [5.41, 5.74) is 2.67. The molecule has 2 atom stereocenters. The molecule has 4 N–H and O–H groups in total. The van der Waals surface area contributed by atoms with E-state index in [4.69, 9.17) is 0 Å². The maximum Gasteiger partial charge on any atom is 0.266 e. The molecule has 1 aromatic carbocycles. The number of hydrazine groups is 1. The molecule has 2 amide bonds. The van der Waals surface area contributed by atoms with Gasteiger partial charge in [-0.3, -0.25) is 9.59 Å². The lowest BCUT2D eigenvalue weighted by atomic mass is 10.0. The van der Waals surface area contributed by atoms with Crippen LogP contribution in [-0.4, -0.2) is 40.1 Å². The summed E-state index contributed by atoms with van der Waals surface area (Å²) < 4.78 is 39.9. The Morgan fingerprint density at radius 1 is 1.40 bits per heavy atom. The van der Waals surface area contributed by atoms with E-state index >= 15 is 0 Å². The molecule has 0 radical (unpaired) electrons. The summed E-state index contributed by atoms with van der Waals surface area (Å²) in [7, 11) is 0. The summed E-state index contributed by atoms with van der Waals surface area (Å²) in [6, 6.07) is 1.10.